The monoisotopic (exact) mass is 182 g/mol. The molecule has 56 valence electrons. The van der Waals surface area contributed by atoms with E-state index in [0.717, 1.165) is 12.5 Å². The van der Waals surface area contributed by atoms with Gasteiger partial charge < -0.3 is 4.80 Å². The molecule has 0 bridgehead atoms. The van der Waals surface area contributed by atoms with Crippen LogP contribution in [0.2, 0.25) is 6.04 Å². The zero-order valence-electron chi connectivity index (χ0n) is 5.67. The molecule has 0 rings (SSSR count). The van der Waals surface area contributed by atoms with Gasteiger partial charge in [-0.15, -0.1) is 0 Å². The van der Waals surface area contributed by atoms with Crippen molar-refractivity contribution in [2.45, 2.75) is 19.4 Å². The summed E-state index contributed by atoms with van der Waals surface area (Å²) < 4.78 is 0. The van der Waals surface area contributed by atoms with Gasteiger partial charge in [0.05, 0.1) is 0 Å². The van der Waals surface area contributed by atoms with Crippen LogP contribution in [0, 0.1) is 0 Å². The summed E-state index contributed by atoms with van der Waals surface area (Å²) in [5.41, 5.74) is 0. The zero-order chi connectivity index (χ0) is 7.33. The lowest BCUT2D eigenvalue weighted by molar-refractivity contribution is 0.544. The Kier molecular flexibility index (Phi) is 5.11. The first-order valence-electron chi connectivity index (χ1n) is 3.12. The Morgan fingerprint density at radius 1 is 1.33 bits per heavy atom. The van der Waals surface area contributed by atoms with Crippen LogP contribution in [0.4, 0.5) is 0 Å². The van der Waals surface area contributed by atoms with Crippen LogP contribution in [0.25, 0.3) is 0 Å². The normalized spacial score (nSPS) is 12.0. The van der Waals surface area contributed by atoms with Crippen LogP contribution >= 0.6 is 25.3 Å². The summed E-state index contributed by atoms with van der Waals surface area (Å²) in [6.07, 6.45) is 1.05. The van der Waals surface area contributed by atoms with Crippen molar-refractivity contribution < 1.29 is 4.80 Å². The molecular formula is C5H14OS2Si. The molecule has 0 amide bonds. The predicted molar refractivity (Wildman–Crippen MR) is 50.8 cm³/mol. The van der Waals surface area contributed by atoms with Crippen molar-refractivity contribution in [3.8, 4) is 0 Å². The molecular weight excluding hydrogens is 168 g/mol. The van der Waals surface area contributed by atoms with Gasteiger partial charge in [-0.1, -0.05) is 13.3 Å². The van der Waals surface area contributed by atoms with Gasteiger partial charge in [-0.25, -0.2) is 0 Å². The molecule has 1 N–H and O–H groups in total. The Morgan fingerprint density at radius 2 is 1.78 bits per heavy atom. The maximum atomic E-state index is 9.61. The SMILES string of the molecule is CCC[Si](O)(CS)CS. The molecule has 0 atom stereocenters. The summed E-state index contributed by atoms with van der Waals surface area (Å²) in [6.45, 7) is 2.07. The standard InChI is InChI=1S/C5H14OS2Si/c1-2-3-9(6,4-7)5-8/h6-8H,2-5H2,1H3. The molecule has 0 saturated carbocycles. The lowest BCUT2D eigenvalue weighted by Crippen LogP contribution is -2.39. The van der Waals surface area contributed by atoms with E-state index in [4.69, 9.17) is 0 Å². The van der Waals surface area contributed by atoms with Crippen molar-refractivity contribution in [2.75, 3.05) is 10.8 Å². The molecule has 9 heavy (non-hydrogen) atoms. The van der Waals surface area contributed by atoms with Gasteiger partial charge in [-0.05, 0) is 6.04 Å². The fourth-order valence-electron chi connectivity index (χ4n) is 0.673. The van der Waals surface area contributed by atoms with E-state index in [1.54, 1.807) is 0 Å². The molecule has 0 fully saturated rings. The largest absolute Gasteiger partial charge is 0.430 e. The molecule has 1 nitrogen and oxygen atoms in total. The van der Waals surface area contributed by atoms with Crippen LogP contribution < -0.4 is 0 Å². The summed E-state index contributed by atoms with van der Waals surface area (Å²) in [5.74, 6) is 0. The average Bonchev–Trinajstić information content (AvgIpc) is 1.89. The minimum absolute atomic E-state index is 0.643. The van der Waals surface area contributed by atoms with Crippen molar-refractivity contribution in [1.82, 2.24) is 0 Å². The lowest BCUT2D eigenvalue weighted by atomic mass is 10.6. The van der Waals surface area contributed by atoms with Gasteiger partial charge >= 0.3 is 0 Å². The van der Waals surface area contributed by atoms with Crippen molar-refractivity contribution >= 4 is 33.6 Å². The van der Waals surface area contributed by atoms with Crippen molar-refractivity contribution in [1.29, 1.82) is 0 Å². The first kappa shape index (κ1) is 9.88. The maximum Gasteiger partial charge on any atom is 0.207 e. The fourth-order valence-corrected chi connectivity index (χ4v) is 4.17. The third-order valence-electron chi connectivity index (χ3n) is 1.30. The van der Waals surface area contributed by atoms with E-state index in [2.05, 4.69) is 32.2 Å². The van der Waals surface area contributed by atoms with Crippen LogP contribution in [-0.2, 0) is 0 Å². The van der Waals surface area contributed by atoms with Gasteiger partial charge in [0.1, 0.15) is 0 Å². The van der Waals surface area contributed by atoms with Gasteiger partial charge in [0.2, 0.25) is 8.32 Å². The molecule has 0 aromatic heterocycles. The topological polar surface area (TPSA) is 20.2 Å². The molecule has 0 aromatic carbocycles. The number of hydrogen-bond acceptors (Lipinski definition) is 3. The van der Waals surface area contributed by atoms with E-state index in [9.17, 15) is 4.80 Å². The molecule has 0 aliphatic rings. The van der Waals surface area contributed by atoms with Crippen molar-refractivity contribution in [3.05, 3.63) is 0 Å². The summed E-state index contributed by atoms with van der Waals surface area (Å²) in [7, 11) is -1.97. The van der Waals surface area contributed by atoms with Crippen molar-refractivity contribution in [2.24, 2.45) is 0 Å². The van der Waals surface area contributed by atoms with E-state index in [0.29, 0.717) is 10.8 Å². The van der Waals surface area contributed by atoms with Gasteiger partial charge in [0.15, 0.2) is 0 Å². The van der Waals surface area contributed by atoms with Crippen molar-refractivity contribution in [3.63, 3.8) is 0 Å². The third-order valence-corrected chi connectivity index (χ3v) is 7.44. The van der Waals surface area contributed by atoms with Crippen LogP contribution in [0.15, 0.2) is 0 Å². The molecule has 0 aliphatic carbocycles. The smallest absolute Gasteiger partial charge is 0.207 e. The molecule has 0 unspecified atom stereocenters. The minimum Gasteiger partial charge on any atom is -0.430 e. The second kappa shape index (κ2) is 4.66. The number of rotatable bonds is 4. The summed E-state index contributed by atoms with van der Waals surface area (Å²) in [6, 6.07) is 0.931. The summed E-state index contributed by atoms with van der Waals surface area (Å²) >= 11 is 8.16. The Morgan fingerprint density at radius 3 is 1.89 bits per heavy atom. The Labute approximate surface area is 68.8 Å². The highest BCUT2D eigenvalue weighted by molar-refractivity contribution is 7.85. The van der Waals surface area contributed by atoms with Gasteiger partial charge in [0, 0.05) is 10.8 Å². The van der Waals surface area contributed by atoms with E-state index in [1.807, 2.05) is 0 Å². The third kappa shape index (κ3) is 3.55. The molecule has 0 spiro atoms. The zero-order valence-corrected chi connectivity index (χ0v) is 8.46. The fraction of sp³-hybridized carbons (Fsp3) is 1.00. The van der Waals surface area contributed by atoms with Crippen LogP contribution in [0.3, 0.4) is 0 Å². The number of hydrogen-bond donors (Lipinski definition) is 3. The first-order chi connectivity index (χ1) is 4.18. The highest BCUT2D eigenvalue weighted by atomic mass is 32.1. The highest BCUT2D eigenvalue weighted by Gasteiger charge is 2.25. The molecule has 0 heterocycles. The minimum atomic E-state index is -1.97. The quantitative estimate of drug-likeness (QED) is 0.442. The van der Waals surface area contributed by atoms with E-state index in [1.165, 1.54) is 0 Å². The molecule has 0 radical (unpaired) electrons. The Balaban J connectivity index is 3.62. The highest BCUT2D eigenvalue weighted by Crippen LogP contribution is 2.11. The first-order valence-corrected chi connectivity index (χ1v) is 6.96. The van der Waals surface area contributed by atoms with E-state index < -0.39 is 8.32 Å². The van der Waals surface area contributed by atoms with E-state index >= 15 is 0 Å². The van der Waals surface area contributed by atoms with Crippen LogP contribution in [-0.4, -0.2) is 23.9 Å². The average molecular weight is 182 g/mol. The molecule has 4 heteroatoms. The Hall–Kier alpha value is 0.877. The summed E-state index contributed by atoms with van der Waals surface area (Å²) in [4.78, 5) is 9.61. The van der Waals surface area contributed by atoms with Gasteiger partial charge in [-0.2, -0.15) is 25.3 Å². The number of thiol groups is 2. The van der Waals surface area contributed by atoms with Crippen LogP contribution in [0.5, 0.6) is 0 Å². The predicted octanol–water partition coefficient (Wildman–Crippen LogP) is 1.27. The maximum absolute atomic E-state index is 9.61. The molecule has 0 aliphatic heterocycles. The molecule has 0 aromatic rings. The second-order valence-corrected chi connectivity index (χ2v) is 7.77. The summed E-state index contributed by atoms with van der Waals surface area (Å²) in [5, 5.41) is 1.29. The lowest BCUT2D eigenvalue weighted by Gasteiger charge is -2.18. The van der Waals surface area contributed by atoms with Crippen LogP contribution in [0.1, 0.15) is 13.3 Å². The second-order valence-electron chi connectivity index (χ2n) is 2.29. The van der Waals surface area contributed by atoms with E-state index in [-0.39, 0.29) is 0 Å². The Bertz CT molecular complexity index is 75.4. The van der Waals surface area contributed by atoms with Gasteiger partial charge in [0.25, 0.3) is 0 Å². The molecule has 0 saturated heterocycles. The van der Waals surface area contributed by atoms with Gasteiger partial charge in [-0.3, -0.25) is 0 Å².